The smallest absolute Gasteiger partial charge is 0.337 e. The molecule has 0 aliphatic heterocycles. The second-order valence-electron chi connectivity index (χ2n) is 3.81. The number of carboxylic acid groups (broad SMARTS) is 1. The van der Waals surface area contributed by atoms with Gasteiger partial charge in [0.05, 0.1) is 24.5 Å². The number of benzene rings is 1. The van der Waals surface area contributed by atoms with Crippen LogP contribution < -0.4 is 4.72 Å². The molecule has 0 saturated carbocycles. The van der Waals surface area contributed by atoms with Crippen LogP contribution in [0.4, 0.5) is 0 Å². The highest BCUT2D eigenvalue weighted by molar-refractivity contribution is 7.88. The number of rotatable bonds is 5. The Balaban J connectivity index is 3.13. The van der Waals surface area contributed by atoms with E-state index < -0.39 is 22.0 Å². The summed E-state index contributed by atoms with van der Waals surface area (Å²) < 4.78 is 28.7. The van der Waals surface area contributed by atoms with Crippen molar-refractivity contribution < 1.29 is 27.9 Å². The molecule has 1 rings (SSSR count). The van der Waals surface area contributed by atoms with Gasteiger partial charge in [-0.15, -0.1) is 0 Å². The van der Waals surface area contributed by atoms with E-state index in [9.17, 15) is 18.0 Å². The third-order valence-corrected chi connectivity index (χ3v) is 2.87. The van der Waals surface area contributed by atoms with Crippen molar-refractivity contribution in [3.63, 3.8) is 0 Å². The summed E-state index contributed by atoms with van der Waals surface area (Å²) in [5.74, 6) is -1.91. The zero-order chi connectivity index (χ0) is 14.6. The molecule has 0 spiro atoms. The van der Waals surface area contributed by atoms with Gasteiger partial charge in [0.25, 0.3) is 0 Å². The first-order chi connectivity index (χ1) is 8.73. The molecule has 2 N–H and O–H groups in total. The Kier molecular flexibility index (Phi) is 4.62. The van der Waals surface area contributed by atoms with Crippen LogP contribution in [0.3, 0.4) is 0 Å². The van der Waals surface area contributed by atoms with Crippen LogP contribution in [0.5, 0.6) is 0 Å². The lowest BCUT2D eigenvalue weighted by Gasteiger charge is -2.07. The lowest BCUT2D eigenvalue weighted by atomic mass is 10.1. The number of hydrogen-bond acceptors (Lipinski definition) is 5. The quantitative estimate of drug-likeness (QED) is 0.750. The fourth-order valence-corrected chi connectivity index (χ4v) is 1.80. The van der Waals surface area contributed by atoms with E-state index in [1.807, 2.05) is 0 Å². The van der Waals surface area contributed by atoms with Crippen LogP contribution in [0.2, 0.25) is 0 Å². The van der Waals surface area contributed by atoms with E-state index in [-0.39, 0.29) is 17.7 Å². The molecular formula is C11H13NO6S. The lowest BCUT2D eigenvalue weighted by Crippen LogP contribution is -2.21. The molecule has 0 bridgehead atoms. The molecule has 0 radical (unpaired) electrons. The van der Waals surface area contributed by atoms with Crippen molar-refractivity contribution >= 4 is 22.0 Å². The van der Waals surface area contributed by atoms with Crippen molar-refractivity contribution in [3.05, 3.63) is 34.9 Å². The summed E-state index contributed by atoms with van der Waals surface area (Å²) in [6, 6.07) is 3.82. The van der Waals surface area contributed by atoms with E-state index in [4.69, 9.17) is 5.11 Å². The van der Waals surface area contributed by atoms with Gasteiger partial charge in [0.1, 0.15) is 0 Å². The standard InChI is InChI=1S/C11H13NO6S/c1-18-11(15)9-4-7(6-12-19(2,16)17)3-8(5-9)10(13)14/h3-5,12H,6H2,1-2H3,(H,13,14). The van der Waals surface area contributed by atoms with Gasteiger partial charge in [0, 0.05) is 6.54 Å². The largest absolute Gasteiger partial charge is 0.478 e. The fourth-order valence-electron chi connectivity index (χ4n) is 1.37. The van der Waals surface area contributed by atoms with Crippen molar-refractivity contribution in [2.75, 3.05) is 13.4 Å². The highest BCUT2D eigenvalue weighted by atomic mass is 32.2. The van der Waals surface area contributed by atoms with Crippen molar-refractivity contribution in [1.82, 2.24) is 4.72 Å². The van der Waals surface area contributed by atoms with Crippen LogP contribution in [0, 0.1) is 0 Å². The van der Waals surface area contributed by atoms with Crippen LogP contribution in [0.1, 0.15) is 26.3 Å². The molecule has 0 aliphatic carbocycles. The van der Waals surface area contributed by atoms with E-state index in [2.05, 4.69) is 9.46 Å². The Labute approximate surface area is 110 Å². The maximum atomic E-state index is 11.4. The van der Waals surface area contributed by atoms with Crippen molar-refractivity contribution in [1.29, 1.82) is 0 Å². The van der Waals surface area contributed by atoms with Crippen LogP contribution in [-0.2, 0) is 21.3 Å². The molecule has 1 aromatic rings. The third-order valence-electron chi connectivity index (χ3n) is 2.20. The monoisotopic (exact) mass is 287 g/mol. The number of sulfonamides is 1. The average molecular weight is 287 g/mol. The molecular weight excluding hydrogens is 274 g/mol. The Morgan fingerprint density at radius 2 is 1.84 bits per heavy atom. The number of aromatic carboxylic acids is 1. The highest BCUT2D eigenvalue weighted by Crippen LogP contribution is 2.12. The summed E-state index contributed by atoms with van der Waals surface area (Å²) in [4.78, 5) is 22.3. The topological polar surface area (TPSA) is 110 Å². The number of methoxy groups -OCH3 is 1. The van der Waals surface area contributed by atoms with E-state index in [1.165, 1.54) is 19.2 Å². The zero-order valence-electron chi connectivity index (χ0n) is 10.3. The second-order valence-corrected chi connectivity index (χ2v) is 5.64. The van der Waals surface area contributed by atoms with Gasteiger partial charge in [-0.05, 0) is 23.8 Å². The minimum atomic E-state index is -3.41. The summed E-state index contributed by atoms with van der Waals surface area (Å²) in [5.41, 5.74) is 0.284. The maximum absolute atomic E-state index is 11.4. The average Bonchev–Trinajstić information content (AvgIpc) is 2.34. The number of nitrogens with one attached hydrogen (secondary N) is 1. The number of carbonyl (C=O) groups excluding carboxylic acids is 1. The molecule has 0 amide bonds. The molecule has 0 atom stereocenters. The number of esters is 1. The minimum absolute atomic E-state index is 0.0488. The number of hydrogen-bond donors (Lipinski definition) is 2. The molecule has 1 aromatic carbocycles. The zero-order valence-corrected chi connectivity index (χ0v) is 11.2. The first-order valence-corrected chi connectivity index (χ1v) is 7.02. The van der Waals surface area contributed by atoms with Gasteiger partial charge in [-0.2, -0.15) is 0 Å². The molecule has 0 aliphatic rings. The number of carboxylic acids is 1. The van der Waals surface area contributed by atoms with E-state index in [0.717, 1.165) is 12.3 Å². The first kappa shape index (κ1) is 15.1. The van der Waals surface area contributed by atoms with E-state index in [1.54, 1.807) is 0 Å². The minimum Gasteiger partial charge on any atom is -0.478 e. The predicted octanol–water partition coefficient (Wildman–Crippen LogP) is 0.221. The molecule has 8 heteroatoms. The summed E-state index contributed by atoms with van der Waals surface area (Å²) in [6.45, 7) is -0.107. The normalized spacial score (nSPS) is 11.1. The van der Waals surface area contributed by atoms with Crippen LogP contribution in [0.15, 0.2) is 18.2 Å². The van der Waals surface area contributed by atoms with Gasteiger partial charge >= 0.3 is 11.9 Å². The van der Waals surface area contributed by atoms with Crippen molar-refractivity contribution in [3.8, 4) is 0 Å². The van der Waals surface area contributed by atoms with Gasteiger partial charge in [-0.3, -0.25) is 0 Å². The van der Waals surface area contributed by atoms with E-state index in [0.29, 0.717) is 5.56 Å². The highest BCUT2D eigenvalue weighted by Gasteiger charge is 2.13. The molecule has 7 nitrogen and oxygen atoms in total. The molecule has 19 heavy (non-hydrogen) atoms. The van der Waals surface area contributed by atoms with Gasteiger partial charge < -0.3 is 9.84 Å². The Morgan fingerprint density at radius 1 is 1.26 bits per heavy atom. The lowest BCUT2D eigenvalue weighted by molar-refractivity contribution is 0.0600. The summed E-state index contributed by atoms with van der Waals surface area (Å²) in [7, 11) is -2.24. The number of ether oxygens (including phenoxy) is 1. The van der Waals surface area contributed by atoms with Crippen molar-refractivity contribution in [2.45, 2.75) is 6.54 Å². The van der Waals surface area contributed by atoms with E-state index >= 15 is 0 Å². The molecule has 104 valence electrons. The SMILES string of the molecule is COC(=O)c1cc(CNS(C)(=O)=O)cc(C(=O)O)c1. The second kappa shape index (κ2) is 5.81. The predicted molar refractivity (Wildman–Crippen MR) is 66.4 cm³/mol. The van der Waals surface area contributed by atoms with Gasteiger partial charge in [0.2, 0.25) is 10.0 Å². The first-order valence-electron chi connectivity index (χ1n) is 5.13. The van der Waals surface area contributed by atoms with Crippen LogP contribution >= 0.6 is 0 Å². The van der Waals surface area contributed by atoms with Crippen molar-refractivity contribution in [2.24, 2.45) is 0 Å². The Bertz CT molecular complexity index is 608. The summed E-state index contributed by atoms with van der Waals surface area (Å²) >= 11 is 0. The molecule has 0 aromatic heterocycles. The molecule has 0 saturated heterocycles. The van der Waals surface area contributed by atoms with Gasteiger partial charge in [-0.25, -0.2) is 22.7 Å². The van der Waals surface area contributed by atoms with Gasteiger partial charge in [-0.1, -0.05) is 0 Å². The summed E-state index contributed by atoms with van der Waals surface area (Å²) in [5, 5.41) is 8.93. The molecule has 0 heterocycles. The summed E-state index contributed by atoms with van der Waals surface area (Å²) in [6.07, 6.45) is 0.981. The maximum Gasteiger partial charge on any atom is 0.337 e. The number of carbonyl (C=O) groups is 2. The molecule has 0 fully saturated rings. The molecule has 0 unspecified atom stereocenters. The third kappa shape index (κ3) is 4.68. The van der Waals surface area contributed by atoms with Crippen LogP contribution in [-0.4, -0.2) is 38.8 Å². The Hall–Kier alpha value is -1.93. The Morgan fingerprint density at radius 3 is 2.32 bits per heavy atom. The van der Waals surface area contributed by atoms with Crippen LogP contribution in [0.25, 0.3) is 0 Å². The van der Waals surface area contributed by atoms with Gasteiger partial charge in [0.15, 0.2) is 0 Å². The fraction of sp³-hybridized carbons (Fsp3) is 0.273.